The fourth-order valence-corrected chi connectivity index (χ4v) is 2.43. The fourth-order valence-electron chi connectivity index (χ4n) is 2.43. The van der Waals surface area contributed by atoms with Crippen LogP contribution in [-0.4, -0.2) is 23.9 Å². The minimum atomic E-state index is 0.207. The molecule has 0 saturated heterocycles. The maximum Gasteiger partial charge on any atom is 0.233 e. The highest BCUT2D eigenvalue weighted by molar-refractivity contribution is 5.24. The van der Waals surface area contributed by atoms with Gasteiger partial charge in [-0.15, -0.1) is 10.2 Å². The molecule has 0 aromatic carbocycles. The van der Waals surface area contributed by atoms with E-state index in [1.54, 1.807) is 7.11 Å². The molecule has 4 heteroatoms. The second kappa shape index (κ2) is 7.24. The number of nitrogens with zero attached hydrogens (tertiary/aromatic N) is 2. The molecule has 19 heavy (non-hydrogen) atoms. The zero-order valence-corrected chi connectivity index (χ0v) is 11.9. The quantitative estimate of drug-likeness (QED) is 0.800. The summed E-state index contributed by atoms with van der Waals surface area (Å²) in [4.78, 5) is 0. The molecule has 0 radical (unpaired) electrons. The second-order valence-corrected chi connectivity index (χ2v) is 4.91. The molecule has 104 valence electrons. The summed E-state index contributed by atoms with van der Waals surface area (Å²) in [5, 5.41) is 12.0. The van der Waals surface area contributed by atoms with Crippen molar-refractivity contribution in [3.63, 3.8) is 0 Å². The molecule has 1 aliphatic carbocycles. The number of nitrogens with one attached hydrogen (secondary N) is 1. The summed E-state index contributed by atoms with van der Waals surface area (Å²) in [6.07, 6.45) is 8.41. The molecule has 1 aromatic rings. The van der Waals surface area contributed by atoms with Gasteiger partial charge < -0.3 is 10.1 Å². The highest BCUT2D eigenvalue weighted by Gasteiger charge is 2.19. The Bertz CT molecular complexity index is 414. The molecule has 1 N–H and O–H groups in total. The highest BCUT2D eigenvalue weighted by atomic mass is 16.5. The molecule has 1 heterocycles. The van der Waals surface area contributed by atoms with Crippen LogP contribution in [0.15, 0.2) is 23.8 Å². The van der Waals surface area contributed by atoms with Crippen molar-refractivity contribution in [3.8, 4) is 5.88 Å². The maximum atomic E-state index is 5.07. The van der Waals surface area contributed by atoms with E-state index in [1.165, 1.54) is 24.8 Å². The van der Waals surface area contributed by atoms with Gasteiger partial charge in [0.05, 0.1) is 18.8 Å². The van der Waals surface area contributed by atoms with Gasteiger partial charge in [-0.25, -0.2) is 0 Å². The Labute approximate surface area is 115 Å². The van der Waals surface area contributed by atoms with Gasteiger partial charge in [-0.2, -0.15) is 0 Å². The monoisotopic (exact) mass is 261 g/mol. The number of ether oxygens (including phenoxy) is 1. The Morgan fingerprint density at radius 3 is 2.79 bits per heavy atom. The van der Waals surface area contributed by atoms with Crippen molar-refractivity contribution < 1.29 is 4.74 Å². The Hall–Kier alpha value is -1.42. The average molecular weight is 261 g/mol. The van der Waals surface area contributed by atoms with E-state index >= 15 is 0 Å². The molecule has 2 rings (SSSR count). The van der Waals surface area contributed by atoms with Gasteiger partial charge in [0.25, 0.3) is 0 Å². The van der Waals surface area contributed by atoms with E-state index in [0.29, 0.717) is 5.88 Å². The molecule has 0 aliphatic heterocycles. The first kappa shape index (κ1) is 14.0. The van der Waals surface area contributed by atoms with E-state index in [-0.39, 0.29) is 6.04 Å². The molecular weight excluding hydrogens is 238 g/mol. The number of methoxy groups -OCH3 is 1. The van der Waals surface area contributed by atoms with Crippen LogP contribution in [0.25, 0.3) is 0 Å². The maximum absolute atomic E-state index is 5.07. The van der Waals surface area contributed by atoms with Crippen LogP contribution in [0.4, 0.5) is 0 Å². The first-order valence-electron chi connectivity index (χ1n) is 7.15. The Kier molecular flexibility index (Phi) is 5.33. The van der Waals surface area contributed by atoms with E-state index in [1.807, 2.05) is 12.1 Å². The first-order chi connectivity index (χ1) is 9.35. The van der Waals surface area contributed by atoms with E-state index in [9.17, 15) is 0 Å². The van der Waals surface area contributed by atoms with Crippen LogP contribution in [0.3, 0.4) is 0 Å². The lowest BCUT2D eigenvalue weighted by molar-refractivity contribution is 0.389. The lowest BCUT2D eigenvalue weighted by Crippen LogP contribution is -2.25. The number of rotatable bonds is 6. The van der Waals surface area contributed by atoms with Crippen molar-refractivity contribution in [2.24, 2.45) is 0 Å². The molecule has 1 aliphatic rings. The van der Waals surface area contributed by atoms with E-state index < -0.39 is 0 Å². The Balaban J connectivity index is 2.17. The summed E-state index contributed by atoms with van der Waals surface area (Å²) in [5.41, 5.74) is 2.45. The lowest BCUT2D eigenvalue weighted by atomic mass is 9.92. The van der Waals surface area contributed by atoms with Gasteiger partial charge >= 0.3 is 0 Å². The topological polar surface area (TPSA) is 47.0 Å². The predicted molar refractivity (Wildman–Crippen MR) is 76.2 cm³/mol. The van der Waals surface area contributed by atoms with Crippen LogP contribution in [-0.2, 0) is 0 Å². The Morgan fingerprint density at radius 1 is 1.32 bits per heavy atom. The first-order valence-corrected chi connectivity index (χ1v) is 7.15. The van der Waals surface area contributed by atoms with Crippen LogP contribution in [0.5, 0.6) is 5.88 Å². The molecule has 4 nitrogen and oxygen atoms in total. The summed E-state index contributed by atoms with van der Waals surface area (Å²) in [7, 11) is 1.61. The number of allylic oxidation sites excluding steroid dienone is 1. The van der Waals surface area contributed by atoms with Gasteiger partial charge in [-0.3, -0.25) is 0 Å². The van der Waals surface area contributed by atoms with Gasteiger partial charge in [0.1, 0.15) is 0 Å². The van der Waals surface area contributed by atoms with Gasteiger partial charge in [0, 0.05) is 6.07 Å². The molecule has 0 saturated carbocycles. The second-order valence-electron chi connectivity index (χ2n) is 4.91. The highest BCUT2D eigenvalue weighted by Crippen LogP contribution is 2.29. The summed E-state index contributed by atoms with van der Waals surface area (Å²) in [6, 6.07) is 4.10. The number of hydrogen-bond acceptors (Lipinski definition) is 4. The molecule has 0 bridgehead atoms. The van der Waals surface area contributed by atoms with Crippen molar-refractivity contribution in [1.29, 1.82) is 0 Å². The van der Waals surface area contributed by atoms with Crippen LogP contribution in [0.1, 0.15) is 50.8 Å². The summed E-state index contributed by atoms with van der Waals surface area (Å²) < 4.78 is 5.07. The van der Waals surface area contributed by atoms with Crippen LogP contribution in [0, 0.1) is 0 Å². The molecule has 1 unspecified atom stereocenters. The molecular formula is C15H23N3O. The number of hydrogen-bond donors (Lipinski definition) is 1. The van der Waals surface area contributed by atoms with Crippen molar-refractivity contribution in [2.45, 2.75) is 45.1 Å². The van der Waals surface area contributed by atoms with E-state index in [4.69, 9.17) is 4.74 Å². The van der Waals surface area contributed by atoms with Crippen molar-refractivity contribution >= 4 is 0 Å². The molecule has 1 aromatic heterocycles. The summed E-state index contributed by atoms with van der Waals surface area (Å²) in [5.74, 6) is 0.565. The third kappa shape index (κ3) is 3.77. The fraction of sp³-hybridized carbons (Fsp3) is 0.600. The Morgan fingerprint density at radius 2 is 2.21 bits per heavy atom. The summed E-state index contributed by atoms with van der Waals surface area (Å²) in [6.45, 7) is 3.18. The average Bonchev–Trinajstić information content (AvgIpc) is 2.49. The minimum Gasteiger partial charge on any atom is -0.480 e. The van der Waals surface area contributed by atoms with Crippen LogP contribution >= 0.6 is 0 Å². The third-order valence-corrected chi connectivity index (χ3v) is 3.46. The van der Waals surface area contributed by atoms with Crippen molar-refractivity contribution in [1.82, 2.24) is 15.5 Å². The molecule has 0 amide bonds. The summed E-state index contributed by atoms with van der Waals surface area (Å²) >= 11 is 0. The third-order valence-electron chi connectivity index (χ3n) is 3.46. The number of aromatic nitrogens is 2. The zero-order valence-electron chi connectivity index (χ0n) is 11.9. The van der Waals surface area contributed by atoms with Crippen molar-refractivity contribution in [2.75, 3.05) is 13.7 Å². The minimum absolute atomic E-state index is 0.207. The van der Waals surface area contributed by atoms with E-state index in [2.05, 4.69) is 28.5 Å². The molecule has 0 spiro atoms. The normalized spacial score (nSPS) is 16.8. The van der Waals surface area contributed by atoms with Gasteiger partial charge in [-0.05, 0) is 44.7 Å². The smallest absolute Gasteiger partial charge is 0.233 e. The largest absolute Gasteiger partial charge is 0.480 e. The van der Waals surface area contributed by atoms with Gasteiger partial charge in [0.15, 0.2) is 0 Å². The SMILES string of the molecule is CCCNC(C1=CCCCC1)c1ccc(OC)nn1. The zero-order chi connectivity index (χ0) is 13.5. The van der Waals surface area contributed by atoms with Crippen LogP contribution < -0.4 is 10.1 Å². The van der Waals surface area contributed by atoms with Gasteiger partial charge in [0.2, 0.25) is 5.88 Å². The molecule has 0 fully saturated rings. The lowest BCUT2D eigenvalue weighted by Gasteiger charge is -2.23. The van der Waals surface area contributed by atoms with Gasteiger partial charge in [-0.1, -0.05) is 18.6 Å². The van der Waals surface area contributed by atoms with Crippen LogP contribution in [0.2, 0.25) is 0 Å². The van der Waals surface area contributed by atoms with Crippen molar-refractivity contribution in [3.05, 3.63) is 29.5 Å². The molecule has 1 atom stereocenters. The standard InChI is InChI=1S/C15H23N3O/c1-3-11-16-15(12-7-5-4-6-8-12)13-9-10-14(19-2)18-17-13/h7,9-10,15-16H,3-6,8,11H2,1-2H3. The predicted octanol–water partition coefficient (Wildman–Crippen LogP) is 3.03. The van der Waals surface area contributed by atoms with E-state index in [0.717, 1.165) is 25.1 Å².